The minimum Gasteiger partial charge on any atom is -0.493 e. The summed E-state index contributed by atoms with van der Waals surface area (Å²) in [6.45, 7) is 0. The summed E-state index contributed by atoms with van der Waals surface area (Å²) in [5, 5.41) is 8.47. The van der Waals surface area contributed by atoms with Crippen LogP contribution in [0, 0.1) is 0 Å². The lowest BCUT2D eigenvalue weighted by Crippen LogP contribution is -2.15. The molecule has 0 radical (unpaired) electrons. The van der Waals surface area contributed by atoms with Crippen LogP contribution in [0.3, 0.4) is 0 Å². The third kappa shape index (κ3) is 10.5. The zero-order valence-electron chi connectivity index (χ0n) is 16.4. The molecular formula is C22H32O5. The molecule has 0 bridgehead atoms. The number of aliphatic carboxylic acids is 1. The highest BCUT2D eigenvalue weighted by Gasteiger charge is 2.21. The SMILES string of the molecule is COC1=CC(=O)C=C(CCCCCCCCCCCCC=CC(=O)O)C1=O. The second-order valence-electron chi connectivity index (χ2n) is 6.93. The molecular weight excluding hydrogens is 344 g/mol. The molecule has 0 unspecified atom stereocenters. The van der Waals surface area contributed by atoms with E-state index < -0.39 is 5.97 Å². The van der Waals surface area contributed by atoms with Gasteiger partial charge >= 0.3 is 5.97 Å². The molecule has 0 aromatic carbocycles. The summed E-state index contributed by atoms with van der Waals surface area (Å²) < 4.78 is 4.96. The van der Waals surface area contributed by atoms with Crippen molar-refractivity contribution in [3.63, 3.8) is 0 Å². The molecule has 0 aliphatic heterocycles. The second-order valence-corrected chi connectivity index (χ2v) is 6.93. The van der Waals surface area contributed by atoms with Crippen molar-refractivity contribution in [2.24, 2.45) is 0 Å². The molecule has 27 heavy (non-hydrogen) atoms. The monoisotopic (exact) mass is 376 g/mol. The average Bonchev–Trinajstić information content (AvgIpc) is 2.64. The molecule has 1 aliphatic carbocycles. The first-order chi connectivity index (χ1) is 13.0. The van der Waals surface area contributed by atoms with Crippen molar-refractivity contribution >= 4 is 17.5 Å². The lowest BCUT2D eigenvalue weighted by molar-refractivity contribution is -0.131. The highest BCUT2D eigenvalue weighted by Crippen LogP contribution is 2.20. The van der Waals surface area contributed by atoms with Crippen molar-refractivity contribution in [2.75, 3.05) is 7.11 Å². The lowest BCUT2D eigenvalue weighted by Gasteiger charge is -2.12. The molecule has 0 amide bonds. The molecule has 1 N–H and O–H groups in total. The van der Waals surface area contributed by atoms with Crippen LogP contribution in [0.4, 0.5) is 0 Å². The number of ketones is 2. The number of carboxylic acids is 1. The Kier molecular flexibility index (Phi) is 11.8. The van der Waals surface area contributed by atoms with Crippen LogP contribution in [0.1, 0.15) is 77.0 Å². The number of allylic oxidation sites excluding steroid dienone is 4. The van der Waals surface area contributed by atoms with E-state index in [1.807, 2.05) is 0 Å². The molecule has 0 atom stereocenters. The third-order valence-corrected chi connectivity index (χ3v) is 4.65. The molecule has 1 rings (SSSR count). The van der Waals surface area contributed by atoms with Crippen molar-refractivity contribution in [1.29, 1.82) is 0 Å². The maximum absolute atomic E-state index is 12.0. The number of Topliss-reactive ketones (excluding diaryl/α,β-unsaturated/α-hetero) is 1. The highest BCUT2D eigenvalue weighted by atomic mass is 16.5. The van der Waals surface area contributed by atoms with Gasteiger partial charge in [0.25, 0.3) is 0 Å². The summed E-state index contributed by atoms with van der Waals surface area (Å²) in [5.74, 6) is -1.05. The fourth-order valence-electron chi connectivity index (χ4n) is 3.15. The normalized spacial score (nSPS) is 14.4. The first-order valence-corrected chi connectivity index (χ1v) is 9.99. The number of carbonyl (C=O) groups is 3. The van der Waals surface area contributed by atoms with Crippen LogP contribution in [0.5, 0.6) is 0 Å². The van der Waals surface area contributed by atoms with Gasteiger partial charge in [0.2, 0.25) is 5.78 Å². The number of carbonyl (C=O) groups excluding carboxylic acids is 2. The zero-order chi connectivity index (χ0) is 19.9. The van der Waals surface area contributed by atoms with Crippen LogP contribution in [0.2, 0.25) is 0 Å². The van der Waals surface area contributed by atoms with E-state index in [9.17, 15) is 14.4 Å². The van der Waals surface area contributed by atoms with Gasteiger partial charge in [-0.3, -0.25) is 9.59 Å². The Labute approximate surface area is 162 Å². The largest absolute Gasteiger partial charge is 0.493 e. The molecule has 0 heterocycles. The molecule has 5 heteroatoms. The number of hydrogen-bond donors (Lipinski definition) is 1. The maximum atomic E-state index is 12.0. The third-order valence-electron chi connectivity index (χ3n) is 4.65. The number of hydrogen-bond acceptors (Lipinski definition) is 4. The molecule has 0 aromatic rings. The predicted molar refractivity (Wildman–Crippen MR) is 105 cm³/mol. The van der Waals surface area contributed by atoms with Gasteiger partial charge in [0, 0.05) is 17.7 Å². The number of unbranched alkanes of at least 4 members (excludes halogenated alkanes) is 10. The molecule has 0 fully saturated rings. The van der Waals surface area contributed by atoms with Crippen LogP contribution < -0.4 is 0 Å². The van der Waals surface area contributed by atoms with E-state index in [2.05, 4.69) is 0 Å². The Morgan fingerprint density at radius 1 is 0.926 bits per heavy atom. The van der Waals surface area contributed by atoms with E-state index in [4.69, 9.17) is 9.84 Å². The van der Waals surface area contributed by atoms with E-state index in [1.54, 1.807) is 6.08 Å². The van der Waals surface area contributed by atoms with Crippen LogP contribution in [-0.4, -0.2) is 29.8 Å². The fraction of sp³-hybridized carbons (Fsp3) is 0.591. The summed E-state index contributed by atoms with van der Waals surface area (Å²) in [6.07, 6.45) is 18.6. The molecule has 0 saturated heterocycles. The summed E-state index contributed by atoms with van der Waals surface area (Å²) >= 11 is 0. The van der Waals surface area contributed by atoms with Gasteiger partial charge in [0.15, 0.2) is 11.5 Å². The molecule has 0 aromatic heterocycles. The number of methoxy groups -OCH3 is 1. The Morgan fingerprint density at radius 2 is 1.48 bits per heavy atom. The summed E-state index contributed by atoms with van der Waals surface area (Å²) in [4.78, 5) is 33.9. The quantitative estimate of drug-likeness (QED) is 0.249. The van der Waals surface area contributed by atoms with Crippen molar-refractivity contribution < 1.29 is 24.2 Å². The predicted octanol–water partition coefficient (Wildman–Crippen LogP) is 4.92. The van der Waals surface area contributed by atoms with E-state index in [1.165, 1.54) is 57.4 Å². The van der Waals surface area contributed by atoms with Crippen LogP contribution in [0.25, 0.3) is 0 Å². The van der Waals surface area contributed by atoms with Gasteiger partial charge in [0.1, 0.15) is 0 Å². The zero-order valence-corrected chi connectivity index (χ0v) is 16.4. The second kappa shape index (κ2) is 14.0. The average molecular weight is 376 g/mol. The smallest absolute Gasteiger partial charge is 0.327 e. The van der Waals surface area contributed by atoms with Crippen molar-refractivity contribution in [3.8, 4) is 0 Å². The summed E-state index contributed by atoms with van der Waals surface area (Å²) in [6, 6.07) is 0. The van der Waals surface area contributed by atoms with Gasteiger partial charge in [-0.2, -0.15) is 0 Å². The number of carboxylic acid groups (broad SMARTS) is 1. The van der Waals surface area contributed by atoms with Crippen LogP contribution in [0.15, 0.2) is 35.6 Å². The van der Waals surface area contributed by atoms with E-state index in [-0.39, 0.29) is 17.3 Å². The lowest BCUT2D eigenvalue weighted by atomic mass is 9.96. The van der Waals surface area contributed by atoms with Gasteiger partial charge in [-0.05, 0) is 31.8 Å². The highest BCUT2D eigenvalue weighted by molar-refractivity contribution is 6.19. The van der Waals surface area contributed by atoms with E-state index in [0.29, 0.717) is 12.0 Å². The topological polar surface area (TPSA) is 80.7 Å². The molecule has 0 saturated carbocycles. The first-order valence-electron chi connectivity index (χ1n) is 9.99. The number of ether oxygens (including phenoxy) is 1. The van der Waals surface area contributed by atoms with Crippen LogP contribution in [-0.2, 0) is 19.1 Å². The summed E-state index contributed by atoms with van der Waals surface area (Å²) in [5.41, 5.74) is 0.567. The van der Waals surface area contributed by atoms with Crippen molar-refractivity contribution in [2.45, 2.75) is 77.0 Å². The number of rotatable bonds is 15. The maximum Gasteiger partial charge on any atom is 0.327 e. The fourth-order valence-corrected chi connectivity index (χ4v) is 3.15. The standard InChI is InChI=1S/C22H32O5/c1-27-20-17-19(23)16-18(22(20)26)14-12-10-8-6-4-2-3-5-7-9-11-13-15-21(24)25/h13,15-17H,2-12,14H2,1H3,(H,24,25). The van der Waals surface area contributed by atoms with Gasteiger partial charge in [-0.15, -0.1) is 0 Å². The Hall–Kier alpha value is -2.17. The Morgan fingerprint density at radius 3 is 2.04 bits per heavy atom. The minimum atomic E-state index is -0.873. The first kappa shape index (κ1) is 22.9. The molecule has 0 spiro atoms. The van der Waals surface area contributed by atoms with Crippen molar-refractivity contribution in [3.05, 3.63) is 35.6 Å². The van der Waals surface area contributed by atoms with Crippen LogP contribution >= 0.6 is 0 Å². The molecule has 5 nitrogen and oxygen atoms in total. The van der Waals surface area contributed by atoms with E-state index in [0.717, 1.165) is 38.5 Å². The van der Waals surface area contributed by atoms with Crippen molar-refractivity contribution in [1.82, 2.24) is 0 Å². The van der Waals surface area contributed by atoms with E-state index >= 15 is 0 Å². The minimum absolute atomic E-state index is 0.149. The Bertz CT molecular complexity index is 584. The molecule has 150 valence electrons. The molecule has 1 aliphatic rings. The summed E-state index contributed by atoms with van der Waals surface area (Å²) in [7, 11) is 1.41. The van der Waals surface area contributed by atoms with Gasteiger partial charge in [-0.25, -0.2) is 4.79 Å². The Balaban J connectivity index is 1.94. The van der Waals surface area contributed by atoms with Gasteiger partial charge in [-0.1, -0.05) is 57.4 Å². The van der Waals surface area contributed by atoms with Gasteiger partial charge < -0.3 is 9.84 Å². The van der Waals surface area contributed by atoms with Gasteiger partial charge in [0.05, 0.1) is 7.11 Å².